The van der Waals surface area contributed by atoms with Gasteiger partial charge in [-0.25, -0.2) is 44.5 Å². The molecule has 0 aliphatic carbocycles. The molecule has 804 valence electrons. The van der Waals surface area contributed by atoms with Crippen LogP contribution in [0.4, 0.5) is 39.9 Å². The standard InChI is InChI=1S/C31H43N4O6PS.C24H37N4O6PS.C24H37N4O5PS.C23H35N4O4P/c1-30(2,3)15-16-35-27(31(4,5)6)26(36)25(29(35)37)28-32-23-14-13-22(34-43(7,39)40)19-24(23)42(38,33-28)18-17-41-20-21-11-9-8-10-12-21;1-23(2,3)10-11-28-20(24(4,5)6)19(30)18(22(28)31)21-25-16-9-8-15(27-36(7,33)34)14-17(16)35(32,26-21)13-12-29;1-9-34(31)17-14-15(27-35(8,32)33)10-11-16(17)25-21(26-34)18-19(29)20(24(5,6)7)28(22(18)30)13-12-23(2,3)4;1-9-31-32(30)15-12-14(2)13-24-19(15)25-20(26-32)16-17(28)18(23(6,7)8)27(21(16)29)11-10-22(3,4)5/h8-14,19,27,34,36H,15-18,20H2,1-7H3,(H,32,33,38);8-9,14,20,27,29-30H,10-13H2,1-7H3,(H,25,26,32);10-11,14,20,27,29H,9,12-13H2,1-8H3,(H,25,26,31);12-13,18,28H,9-11H2,1-8H3,(H,24,25,26,30). The van der Waals surface area contributed by atoms with Gasteiger partial charge >= 0.3 is 7.52 Å². The zero-order valence-electron chi connectivity index (χ0n) is 90.0. The molecule has 5 aromatic rings. The number of benzene rings is 4. The number of anilines is 7. The highest BCUT2D eigenvalue weighted by Gasteiger charge is 2.55. The van der Waals surface area contributed by atoms with Gasteiger partial charge < -0.3 is 75.7 Å². The summed E-state index contributed by atoms with van der Waals surface area (Å²) >= 11 is 0. The van der Waals surface area contributed by atoms with Crippen molar-refractivity contribution in [3.05, 3.63) is 154 Å². The first-order chi connectivity index (χ1) is 66.8. The first-order valence-corrected chi connectivity index (χ1v) is 61.6. The topological polar surface area (TPSA) is 518 Å². The Hall–Kier alpha value is -10.0. The molecule has 0 saturated carbocycles. The Morgan fingerprint density at radius 1 is 0.404 bits per heavy atom. The van der Waals surface area contributed by atoms with E-state index in [1.54, 1.807) is 70.0 Å². The van der Waals surface area contributed by atoms with Crippen LogP contribution in [0.1, 0.15) is 217 Å². The van der Waals surface area contributed by atoms with Crippen LogP contribution in [-0.4, -0.2) is 230 Å². The number of rotatable bonds is 28. The summed E-state index contributed by atoms with van der Waals surface area (Å²) in [5, 5.41) is 68.6. The molecule has 37 nitrogen and oxygen atoms in total. The molecular weight excluding hydrogens is 2010 g/mol. The third kappa shape index (κ3) is 28.6. The van der Waals surface area contributed by atoms with E-state index in [2.05, 4.69) is 143 Å². The van der Waals surface area contributed by atoms with Gasteiger partial charge in [-0.3, -0.25) is 51.6 Å². The molecule has 8 unspecified atom stereocenters. The summed E-state index contributed by atoms with van der Waals surface area (Å²) in [5.74, 6) is -1.38. The summed E-state index contributed by atoms with van der Waals surface area (Å²) in [6, 6.07) is 22.8. The van der Waals surface area contributed by atoms with Crippen molar-refractivity contribution >= 4 is 168 Å². The molecule has 4 aromatic carbocycles. The van der Waals surface area contributed by atoms with Gasteiger partial charge in [0.25, 0.3) is 23.6 Å². The second kappa shape index (κ2) is 43.5. The van der Waals surface area contributed by atoms with Crippen LogP contribution in [0.25, 0.3) is 0 Å². The molecule has 13 rings (SSSR count). The highest BCUT2D eigenvalue weighted by Crippen LogP contribution is 2.58. The predicted octanol–water partition coefficient (Wildman–Crippen LogP) is 17.7. The maximum absolute atomic E-state index is 14.7. The van der Waals surface area contributed by atoms with Crippen molar-refractivity contribution in [3.63, 3.8) is 0 Å². The second-order valence-electron chi connectivity index (χ2n) is 47.4. The number of carbonyl (C=O) groups is 4. The highest BCUT2D eigenvalue weighted by molar-refractivity contribution is 7.92. The van der Waals surface area contributed by atoms with Gasteiger partial charge in [0.2, 0.25) is 51.9 Å². The van der Waals surface area contributed by atoms with Crippen LogP contribution in [-0.2, 0) is 83.4 Å². The molecule has 1 aromatic heterocycles. The highest BCUT2D eigenvalue weighted by atomic mass is 32.2. The summed E-state index contributed by atoms with van der Waals surface area (Å²) in [6.07, 6.45) is 7.67. The smallest absolute Gasteiger partial charge is 0.350 e. The molecule has 0 spiro atoms. The number of carbonyl (C=O) groups excluding carboxylic acids is 4. The number of amidine groups is 4. The molecule has 146 heavy (non-hydrogen) atoms. The lowest BCUT2D eigenvalue weighted by Gasteiger charge is -2.36. The number of ether oxygens (including phenoxy) is 1. The minimum atomic E-state index is -3.67. The van der Waals surface area contributed by atoms with Crippen LogP contribution in [0, 0.1) is 50.2 Å². The Labute approximate surface area is 862 Å². The van der Waals surface area contributed by atoms with E-state index in [4.69, 9.17) is 9.26 Å². The lowest BCUT2D eigenvalue weighted by atomic mass is 9.84. The zero-order valence-corrected chi connectivity index (χ0v) is 96.0. The zero-order chi connectivity index (χ0) is 110. The Balaban J connectivity index is 0.000000201. The lowest BCUT2D eigenvalue weighted by Crippen LogP contribution is -2.45. The minimum Gasteiger partial charge on any atom is -0.509 e. The van der Waals surface area contributed by atoms with Gasteiger partial charge in [0.05, 0.1) is 102 Å². The van der Waals surface area contributed by atoms with E-state index in [1.165, 1.54) is 30.3 Å². The molecule has 0 fully saturated rings. The fourth-order valence-corrected chi connectivity index (χ4v) is 27.6. The third-order valence-corrected chi connectivity index (χ3v) is 36.2. The van der Waals surface area contributed by atoms with Crippen LogP contribution < -0.4 is 56.7 Å². The quantitative estimate of drug-likeness (QED) is 0.0163. The minimum absolute atomic E-state index is 0.00301. The number of pyridine rings is 1. The number of hydrogen-bond donors (Lipinski definition) is 12. The van der Waals surface area contributed by atoms with Gasteiger partial charge in [-0.05, 0) is 155 Å². The number of hydrogen-bond acceptors (Lipinski definition) is 26. The van der Waals surface area contributed by atoms with Crippen LogP contribution >= 0.6 is 29.4 Å². The van der Waals surface area contributed by atoms with Gasteiger partial charge in [-0.15, -0.1) is 0 Å². The van der Waals surface area contributed by atoms with Gasteiger partial charge in [-0.1, -0.05) is 203 Å². The third-order valence-electron chi connectivity index (χ3n) is 25.0. The molecule has 0 radical (unpaired) electrons. The number of sulfonamides is 3. The number of aliphatic hydroxyl groups excluding tert-OH is 5. The monoisotopic (exact) mass is 2160 g/mol. The predicted molar refractivity (Wildman–Crippen MR) is 587 cm³/mol. The van der Waals surface area contributed by atoms with Crippen molar-refractivity contribution in [2.75, 3.05) is 119 Å². The Kier molecular flexibility index (Phi) is 35.1. The van der Waals surface area contributed by atoms with E-state index < -0.39 is 118 Å². The first kappa shape index (κ1) is 118. The van der Waals surface area contributed by atoms with E-state index in [-0.39, 0.29) is 162 Å². The maximum atomic E-state index is 14.7. The number of aryl methyl sites for hydroxylation is 1. The number of aliphatic hydroxyl groups is 5. The Morgan fingerprint density at radius 3 is 0.993 bits per heavy atom. The van der Waals surface area contributed by atoms with Gasteiger partial charge in [0.1, 0.15) is 74.0 Å². The van der Waals surface area contributed by atoms with Gasteiger partial charge in [0.15, 0.2) is 5.84 Å². The average Bonchev–Trinajstić information content (AvgIpc) is 1.58. The van der Waals surface area contributed by atoms with Gasteiger partial charge in [0, 0.05) is 67.9 Å². The summed E-state index contributed by atoms with van der Waals surface area (Å²) in [6.45, 7) is 56.0. The number of aromatic nitrogens is 1. The van der Waals surface area contributed by atoms with Crippen molar-refractivity contribution in [1.82, 2.24) is 24.6 Å². The van der Waals surface area contributed by atoms with E-state index in [9.17, 15) is 88.2 Å². The molecular formula is C102H152N16O21P4S3. The van der Waals surface area contributed by atoms with E-state index >= 15 is 0 Å². The van der Waals surface area contributed by atoms with Crippen molar-refractivity contribution < 1.29 is 97.5 Å². The number of fused-ring (bicyclic) bond motifs is 4. The summed E-state index contributed by atoms with van der Waals surface area (Å²) in [7, 11) is -25.0. The molecule has 12 N–H and O–H groups in total. The lowest BCUT2D eigenvalue weighted by molar-refractivity contribution is -0.129. The van der Waals surface area contributed by atoms with Crippen LogP contribution in [0.3, 0.4) is 0 Å². The molecule has 4 amide bonds. The SMILES string of the molecule is CC(C)(C)CCN1C(=O)C(C2=NP(=O)(CCO)c3cc(NS(C)(=O)=O)ccc3N2)=C(O)C1C(C)(C)C.CC(C)(C)CCN1C(=O)C(C2=NP(=O)(CCOCc3ccccc3)c3cc(NS(C)(=O)=O)ccc3N2)=C(O)C1C(C)(C)C.CCOP1(=O)N=C(C2=C(O)C(C(C)(C)C)N(CCC(C)(C)C)C2=O)Nc2ncc(C)cc21.CCP1(=O)N=C(C2=C(O)C(C(C)(C)C)N(CCC(C)(C)C)C2=O)Nc2ccc(NS(C)(=O)=O)cc21. The van der Waals surface area contributed by atoms with Crippen LogP contribution in [0.2, 0.25) is 0 Å². The fraction of sp³-hybridized carbons (Fsp3) is 0.559. The molecule has 8 aliphatic heterocycles. The largest absolute Gasteiger partial charge is 0.509 e. The molecule has 9 heterocycles. The molecule has 0 saturated heterocycles. The second-order valence-corrected chi connectivity index (χ2v) is 62.4. The van der Waals surface area contributed by atoms with Crippen molar-refractivity contribution in [1.29, 1.82) is 0 Å². The molecule has 44 heteroatoms. The van der Waals surface area contributed by atoms with Crippen LogP contribution in [0.5, 0.6) is 0 Å². The van der Waals surface area contributed by atoms with Crippen molar-refractivity contribution in [3.8, 4) is 0 Å². The summed E-state index contributed by atoms with van der Waals surface area (Å²) in [5.41, 5.74) is 1.95. The normalized spacial score (nSPS) is 22.6. The first-order valence-electron chi connectivity index (χ1n) is 48.8. The number of nitrogens with zero attached hydrogens (tertiary/aromatic N) is 9. The average molecular weight is 2160 g/mol. The summed E-state index contributed by atoms with van der Waals surface area (Å²) < 4.78 is 163. The molecule has 8 aliphatic rings. The maximum Gasteiger partial charge on any atom is 0.350 e. The summed E-state index contributed by atoms with van der Waals surface area (Å²) in [4.78, 5) is 65.8. The number of amides is 4. The van der Waals surface area contributed by atoms with Crippen molar-refractivity contribution in [2.45, 2.75) is 243 Å². The van der Waals surface area contributed by atoms with E-state index in [0.29, 0.717) is 78.0 Å². The number of nitrogens with one attached hydrogen (secondary N) is 7. The van der Waals surface area contributed by atoms with E-state index in [0.717, 1.165) is 49.2 Å². The van der Waals surface area contributed by atoms with E-state index in [1.807, 2.05) is 120 Å². The van der Waals surface area contributed by atoms with Crippen molar-refractivity contribution in [2.24, 2.45) is 62.4 Å². The fourth-order valence-electron chi connectivity index (χ4n) is 18.1. The van der Waals surface area contributed by atoms with Gasteiger partial charge in [-0.2, -0.15) is 4.76 Å². The van der Waals surface area contributed by atoms with Crippen LogP contribution in [0.15, 0.2) is 162 Å². The Morgan fingerprint density at radius 2 is 0.705 bits per heavy atom. The Bertz CT molecular complexity index is 6740. The molecule has 0 bridgehead atoms. The molecule has 8 atom stereocenters.